The molecular formula is C23H20BrClN2O4S2. The Morgan fingerprint density at radius 1 is 1.33 bits per heavy atom. The molecule has 1 heterocycles. The van der Waals surface area contributed by atoms with E-state index < -0.39 is 0 Å². The average molecular weight is 568 g/mol. The van der Waals surface area contributed by atoms with E-state index in [0.29, 0.717) is 49.1 Å². The highest BCUT2D eigenvalue weighted by atomic mass is 79.9. The predicted molar refractivity (Wildman–Crippen MR) is 141 cm³/mol. The maximum Gasteiger partial charge on any atom is 0.266 e. The van der Waals surface area contributed by atoms with Crippen molar-refractivity contribution < 1.29 is 19.1 Å². The molecule has 0 saturated carbocycles. The summed E-state index contributed by atoms with van der Waals surface area (Å²) in [4.78, 5) is 26.9. The zero-order chi connectivity index (χ0) is 24.0. The van der Waals surface area contributed by atoms with Gasteiger partial charge in [0.2, 0.25) is 0 Å². The van der Waals surface area contributed by atoms with Crippen molar-refractivity contribution in [2.75, 3.05) is 25.1 Å². The number of rotatable bonds is 9. The number of thioether (sulfide) groups is 1. The number of ether oxygens (including phenoxy) is 2. The van der Waals surface area contributed by atoms with Crippen LogP contribution in [0.15, 0.2) is 58.4 Å². The maximum absolute atomic E-state index is 12.6. The fourth-order valence-corrected chi connectivity index (χ4v) is 4.95. The summed E-state index contributed by atoms with van der Waals surface area (Å²) >= 11 is 15.9. The molecule has 2 aromatic rings. The smallest absolute Gasteiger partial charge is 0.266 e. The van der Waals surface area contributed by atoms with Crippen molar-refractivity contribution in [3.8, 4) is 11.5 Å². The second kappa shape index (κ2) is 11.7. The summed E-state index contributed by atoms with van der Waals surface area (Å²) in [6, 6.07) is 10.4. The lowest BCUT2D eigenvalue weighted by molar-refractivity contribution is -0.121. The van der Waals surface area contributed by atoms with E-state index in [9.17, 15) is 9.59 Å². The molecule has 1 N–H and O–H groups in total. The number of benzene rings is 2. The van der Waals surface area contributed by atoms with Crippen molar-refractivity contribution in [2.24, 2.45) is 0 Å². The Labute approximate surface area is 215 Å². The number of carbonyl (C=O) groups is 2. The van der Waals surface area contributed by atoms with Crippen LogP contribution in [-0.2, 0) is 9.59 Å². The fourth-order valence-electron chi connectivity index (χ4n) is 2.91. The van der Waals surface area contributed by atoms with E-state index in [0.717, 1.165) is 5.56 Å². The first-order valence-corrected chi connectivity index (χ1v) is 12.2. The van der Waals surface area contributed by atoms with Gasteiger partial charge in [0.05, 0.1) is 16.0 Å². The predicted octanol–water partition coefficient (Wildman–Crippen LogP) is 5.91. The van der Waals surface area contributed by atoms with Gasteiger partial charge in [0.1, 0.15) is 4.32 Å². The van der Waals surface area contributed by atoms with Crippen LogP contribution in [0.4, 0.5) is 5.69 Å². The number of hydrogen-bond donors (Lipinski definition) is 1. The van der Waals surface area contributed by atoms with E-state index in [4.69, 9.17) is 33.3 Å². The highest BCUT2D eigenvalue weighted by Gasteiger charge is 2.31. The molecule has 1 aliphatic heterocycles. The van der Waals surface area contributed by atoms with E-state index in [1.165, 1.54) is 16.7 Å². The number of carbonyl (C=O) groups excluding carboxylic acids is 2. The number of thiocarbonyl (C=S) groups is 1. The first-order chi connectivity index (χ1) is 15.8. The number of nitrogens with zero attached hydrogens (tertiary/aromatic N) is 1. The van der Waals surface area contributed by atoms with Crippen LogP contribution in [0.25, 0.3) is 6.08 Å². The van der Waals surface area contributed by atoms with Crippen molar-refractivity contribution >= 4 is 79.4 Å². The molecule has 0 atom stereocenters. The lowest BCUT2D eigenvalue weighted by atomic mass is 10.2. The quantitative estimate of drug-likeness (QED) is 0.231. The highest BCUT2D eigenvalue weighted by molar-refractivity contribution is 9.10. The summed E-state index contributed by atoms with van der Waals surface area (Å²) in [7, 11) is 0. The van der Waals surface area contributed by atoms with Crippen molar-refractivity contribution in [3.05, 3.63) is 69.0 Å². The zero-order valence-corrected chi connectivity index (χ0v) is 21.6. The van der Waals surface area contributed by atoms with Crippen LogP contribution in [0.1, 0.15) is 12.5 Å². The second-order valence-corrected chi connectivity index (χ2v) is 9.66. The summed E-state index contributed by atoms with van der Waals surface area (Å²) in [6.07, 6.45) is 3.37. The van der Waals surface area contributed by atoms with Gasteiger partial charge in [-0.1, -0.05) is 47.7 Å². The monoisotopic (exact) mass is 566 g/mol. The Bertz CT molecular complexity index is 1140. The Morgan fingerprint density at radius 3 is 2.82 bits per heavy atom. The van der Waals surface area contributed by atoms with E-state index in [-0.39, 0.29) is 18.4 Å². The molecule has 3 rings (SSSR count). The Hall–Kier alpha value is -2.33. The largest absolute Gasteiger partial charge is 0.490 e. The lowest BCUT2D eigenvalue weighted by Crippen LogP contribution is -2.27. The van der Waals surface area contributed by atoms with Crippen LogP contribution in [-0.4, -0.2) is 40.8 Å². The van der Waals surface area contributed by atoms with Gasteiger partial charge >= 0.3 is 0 Å². The Balaban J connectivity index is 1.77. The molecule has 1 saturated heterocycles. The SMILES string of the molecule is C=CCN1C(=O)/C(=C/c2cc(Br)c(OCC(=O)Nc3cccc(Cl)c3)c(OCC)c2)SC1=S. The summed E-state index contributed by atoms with van der Waals surface area (Å²) in [5.74, 6) is 0.309. The van der Waals surface area contributed by atoms with E-state index in [2.05, 4.69) is 27.8 Å². The Kier molecular flexibility index (Phi) is 8.96. The van der Waals surface area contributed by atoms with Gasteiger partial charge in [-0.2, -0.15) is 0 Å². The molecule has 0 radical (unpaired) electrons. The summed E-state index contributed by atoms with van der Waals surface area (Å²) in [5.41, 5.74) is 1.30. The van der Waals surface area contributed by atoms with Crippen LogP contribution < -0.4 is 14.8 Å². The summed E-state index contributed by atoms with van der Waals surface area (Å²) in [5, 5.41) is 3.25. The molecule has 0 aromatic heterocycles. The summed E-state index contributed by atoms with van der Waals surface area (Å²) < 4.78 is 12.5. The van der Waals surface area contributed by atoms with Crippen LogP contribution >= 0.6 is 51.5 Å². The number of halogens is 2. The van der Waals surface area contributed by atoms with Crippen molar-refractivity contribution in [1.29, 1.82) is 0 Å². The lowest BCUT2D eigenvalue weighted by Gasteiger charge is -2.15. The van der Waals surface area contributed by atoms with Gasteiger partial charge in [0.25, 0.3) is 11.8 Å². The van der Waals surface area contributed by atoms with E-state index >= 15 is 0 Å². The molecule has 0 unspecified atom stereocenters. The second-order valence-electron chi connectivity index (χ2n) is 6.69. The zero-order valence-electron chi connectivity index (χ0n) is 17.6. The van der Waals surface area contributed by atoms with Crippen LogP contribution in [0, 0.1) is 0 Å². The molecule has 172 valence electrons. The van der Waals surface area contributed by atoms with Crippen LogP contribution in [0.3, 0.4) is 0 Å². The molecule has 0 bridgehead atoms. The van der Waals surface area contributed by atoms with E-state index in [1.807, 2.05) is 6.92 Å². The topological polar surface area (TPSA) is 67.9 Å². The van der Waals surface area contributed by atoms with Crippen molar-refractivity contribution in [2.45, 2.75) is 6.92 Å². The minimum Gasteiger partial charge on any atom is -0.490 e. The molecule has 1 fully saturated rings. The van der Waals surface area contributed by atoms with Gasteiger partial charge in [-0.3, -0.25) is 14.5 Å². The molecule has 1 aliphatic rings. The minimum absolute atomic E-state index is 0.169. The normalized spacial score (nSPS) is 14.5. The Morgan fingerprint density at radius 2 is 2.12 bits per heavy atom. The molecule has 2 aromatic carbocycles. The van der Waals surface area contributed by atoms with Crippen molar-refractivity contribution in [1.82, 2.24) is 4.90 Å². The number of amides is 2. The highest BCUT2D eigenvalue weighted by Crippen LogP contribution is 2.39. The van der Waals surface area contributed by atoms with Crippen LogP contribution in [0.2, 0.25) is 5.02 Å². The number of hydrogen-bond acceptors (Lipinski definition) is 6. The minimum atomic E-state index is -0.346. The molecule has 6 nitrogen and oxygen atoms in total. The molecule has 0 aliphatic carbocycles. The molecule has 33 heavy (non-hydrogen) atoms. The third kappa shape index (κ3) is 6.60. The molecular weight excluding hydrogens is 548 g/mol. The van der Waals surface area contributed by atoms with Gasteiger partial charge in [0, 0.05) is 17.3 Å². The van der Waals surface area contributed by atoms with Gasteiger partial charge in [0.15, 0.2) is 18.1 Å². The summed E-state index contributed by atoms with van der Waals surface area (Å²) in [6.45, 7) is 6.02. The average Bonchev–Trinajstić information content (AvgIpc) is 3.01. The molecule has 10 heteroatoms. The first kappa shape index (κ1) is 25.3. The first-order valence-electron chi connectivity index (χ1n) is 9.83. The number of anilines is 1. The van der Waals surface area contributed by atoms with Crippen molar-refractivity contribution in [3.63, 3.8) is 0 Å². The number of nitrogens with one attached hydrogen (secondary N) is 1. The molecule has 2 amide bonds. The third-order valence-electron chi connectivity index (χ3n) is 4.27. The van der Waals surface area contributed by atoms with E-state index in [1.54, 1.807) is 48.6 Å². The fraction of sp³-hybridized carbons (Fsp3) is 0.174. The van der Waals surface area contributed by atoms with Gasteiger partial charge < -0.3 is 14.8 Å². The third-order valence-corrected chi connectivity index (χ3v) is 6.47. The van der Waals surface area contributed by atoms with Gasteiger partial charge in [-0.15, -0.1) is 6.58 Å². The standard InChI is InChI=1S/C23H20BrClN2O4S2/c1-3-8-27-22(29)19(33-23(27)32)11-14-9-17(24)21(18(10-14)30-4-2)31-13-20(28)26-16-7-5-6-15(25)12-16/h3,5-7,9-12H,1,4,8,13H2,2H3,(H,26,28)/b19-11-. The van der Waals surface area contributed by atoms with Crippen LogP contribution in [0.5, 0.6) is 11.5 Å². The maximum atomic E-state index is 12.6. The molecule has 0 spiro atoms. The van der Waals surface area contributed by atoms with Gasteiger partial charge in [-0.05, 0) is 64.8 Å². The van der Waals surface area contributed by atoms with Gasteiger partial charge in [-0.25, -0.2) is 0 Å².